The first-order valence-electron chi connectivity index (χ1n) is 11.0. The molecule has 0 saturated carbocycles. The Morgan fingerprint density at radius 2 is 1.64 bits per heavy atom. The quantitative estimate of drug-likeness (QED) is 0.577. The average Bonchev–Trinajstić information content (AvgIpc) is 3.20. The van der Waals surface area contributed by atoms with Crippen molar-refractivity contribution < 1.29 is 19.1 Å². The van der Waals surface area contributed by atoms with Gasteiger partial charge in [0, 0.05) is 5.69 Å². The van der Waals surface area contributed by atoms with Crippen molar-refractivity contribution in [3.8, 4) is 0 Å². The predicted molar refractivity (Wildman–Crippen MR) is 124 cm³/mol. The standard InChI is InChI=1S/C27H24N2O4/c30-26-24-16-15-21-13-7-8-14-23(21)29(24)25(33-26)22(17-19-9-3-1-4-10-19)28-27(31)32-18-20-11-5-2-6-12-20/h1-14,16,22,25H,15,17-18H2,(H,28,31)/t22-,25-/m0/s1. The topological polar surface area (TPSA) is 67.9 Å². The zero-order valence-electron chi connectivity index (χ0n) is 18.0. The number of nitrogens with one attached hydrogen (secondary N) is 1. The lowest BCUT2D eigenvalue weighted by atomic mass is 10.00. The van der Waals surface area contributed by atoms with E-state index < -0.39 is 18.4 Å². The summed E-state index contributed by atoms with van der Waals surface area (Å²) in [5.41, 5.74) is 4.45. The first-order chi connectivity index (χ1) is 16.2. The highest BCUT2D eigenvalue weighted by Crippen LogP contribution is 2.37. The third-order valence-electron chi connectivity index (χ3n) is 5.88. The molecule has 3 aromatic carbocycles. The number of hydrogen-bond donors (Lipinski definition) is 1. The number of cyclic esters (lactones) is 1. The van der Waals surface area contributed by atoms with Gasteiger partial charge in [-0.1, -0.05) is 78.9 Å². The van der Waals surface area contributed by atoms with Gasteiger partial charge in [-0.25, -0.2) is 9.59 Å². The van der Waals surface area contributed by atoms with E-state index >= 15 is 0 Å². The van der Waals surface area contributed by atoms with Gasteiger partial charge in [0.15, 0.2) is 0 Å². The number of esters is 1. The maximum absolute atomic E-state index is 12.8. The van der Waals surface area contributed by atoms with Gasteiger partial charge in [0.2, 0.25) is 6.23 Å². The number of hydrogen-bond acceptors (Lipinski definition) is 5. The summed E-state index contributed by atoms with van der Waals surface area (Å²) in [4.78, 5) is 27.4. The van der Waals surface area contributed by atoms with E-state index in [0.29, 0.717) is 18.5 Å². The summed E-state index contributed by atoms with van der Waals surface area (Å²) in [6.45, 7) is 0.160. The number of nitrogens with zero attached hydrogens (tertiary/aromatic N) is 1. The molecule has 0 spiro atoms. The molecule has 3 aromatic rings. The Balaban J connectivity index is 1.40. The second-order valence-corrected chi connectivity index (χ2v) is 8.09. The zero-order chi connectivity index (χ0) is 22.6. The first-order valence-corrected chi connectivity index (χ1v) is 11.0. The number of rotatable bonds is 6. The maximum Gasteiger partial charge on any atom is 0.407 e. The van der Waals surface area contributed by atoms with E-state index in [1.165, 1.54) is 0 Å². The largest absolute Gasteiger partial charge is 0.445 e. The van der Waals surface area contributed by atoms with Crippen molar-refractivity contribution in [3.63, 3.8) is 0 Å². The van der Waals surface area contributed by atoms with Crippen molar-refractivity contribution in [3.05, 3.63) is 113 Å². The van der Waals surface area contributed by atoms with Gasteiger partial charge in [-0.15, -0.1) is 0 Å². The Labute approximate surface area is 192 Å². The van der Waals surface area contributed by atoms with Crippen LogP contribution < -0.4 is 10.2 Å². The molecule has 1 saturated heterocycles. The summed E-state index contributed by atoms with van der Waals surface area (Å²) >= 11 is 0. The molecule has 0 unspecified atom stereocenters. The van der Waals surface area contributed by atoms with E-state index in [4.69, 9.17) is 9.47 Å². The van der Waals surface area contributed by atoms with Crippen molar-refractivity contribution in [2.75, 3.05) is 4.90 Å². The Kier molecular flexibility index (Phi) is 5.81. The van der Waals surface area contributed by atoms with Crippen LogP contribution in [0.25, 0.3) is 0 Å². The molecule has 2 heterocycles. The number of amides is 1. The monoisotopic (exact) mass is 440 g/mol. The van der Waals surface area contributed by atoms with Crippen molar-refractivity contribution in [2.24, 2.45) is 0 Å². The van der Waals surface area contributed by atoms with Gasteiger partial charge in [0.1, 0.15) is 12.3 Å². The molecule has 2 atom stereocenters. The predicted octanol–water partition coefficient (Wildman–Crippen LogP) is 4.35. The minimum Gasteiger partial charge on any atom is -0.445 e. The van der Waals surface area contributed by atoms with Crippen LogP contribution in [0, 0.1) is 0 Å². The number of carbonyl (C=O) groups is 2. The number of fused-ring (bicyclic) bond motifs is 3. The molecule has 1 fully saturated rings. The average molecular weight is 440 g/mol. The molecule has 0 radical (unpaired) electrons. The SMILES string of the molecule is O=C(N[C@@H](Cc1ccccc1)[C@@H]1OC(=O)C2=CCc3ccccc3N21)OCc1ccccc1. The Morgan fingerprint density at radius 1 is 0.970 bits per heavy atom. The lowest BCUT2D eigenvalue weighted by Gasteiger charge is -2.33. The lowest BCUT2D eigenvalue weighted by molar-refractivity contribution is -0.139. The highest BCUT2D eigenvalue weighted by molar-refractivity contribution is 5.97. The highest BCUT2D eigenvalue weighted by Gasteiger charge is 2.44. The fourth-order valence-corrected chi connectivity index (χ4v) is 4.30. The highest BCUT2D eigenvalue weighted by atomic mass is 16.6. The molecule has 0 aromatic heterocycles. The maximum atomic E-state index is 12.8. The van der Waals surface area contributed by atoms with Crippen LogP contribution in [0.15, 0.2) is 96.7 Å². The number of carbonyl (C=O) groups excluding carboxylic acids is 2. The van der Waals surface area contributed by atoms with E-state index in [9.17, 15) is 9.59 Å². The van der Waals surface area contributed by atoms with Crippen LogP contribution in [0.5, 0.6) is 0 Å². The molecule has 6 nitrogen and oxygen atoms in total. The zero-order valence-corrected chi connectivity index (χ0v) is 18.0. The van der Waals surface area contributed by atoms with Gasteiger partial charge in [-0.2, -0.15) is 0 Å². The summed E-state index contributed by atoms with van der Waals surface area (Å²) in [6.07, 6.45) is 1.79. The first kappa shape index (κ1) is 20.8. The number of para-hydroxylation sites is 1. The van der Waals surface area contributed by atoms with E-state index in [-0.39, 0.29) is 12.6 Å². The summed E-state index contributed by atoms with van der Waals surface area (Å²) < 4.78 is 11.3. The van der Waals surface area contributed by atoms with E-state index in [2.05, 4.69) is 5.32 Å². The second-order valence-electron chi connectivity index (χ2n) is 8.09. The van der Waals surface area contributed by atoms with Crippen molar-refractivity contribution in [1.29, 1.82) is 0 Å². The van der Waals surface area contributed by atoms with Crippen molar-refractivity contribution in [1.82, 2.24) is 5.32 Å². The third kappa shape index (κ3) is 4.46. The fraction of sp³-hybridized carbons (Fsp3) is 0.185. The van der Waals surface area contributed by atoms with Crippen LogP contribution in [0.3, 0.4) is 0 Å². The molecule has 1 N–H and O–H groups in total. The number of ether oxygens (including phenoxy) is 2. The van der Waals surface area contributed by atoms with Gasteiger partial charge in [-0.3, -0.25) is 4.90 Å². The Bertz CT molecular complexity index is 1180. The Morgan fingerprint density at radius 3 is 2.39 bits per heavy atom. The molecule has 0 bridgehead atoms. The van der Waals surface area contributed by atoms with Gasteiger partial charge in [-0.05, 0) is 41.7 Å². The molecule has 33 heavy (non-hydrogen) atoms. The Hall–Kier alpha value is -4.06. The molecule has 1 amide bonds. The van der Waals surface area contributed by atoms with Crippen LogP contribution in [-0.2, 0) is 33.7 Å². The molecule has 0 aliphatic carbocycles. The van der Waals surface area contributed by atoms with Crippen LogP contribution in [0.4, 0.5) is 10.5 Å². The number of benzene rings is 3. The summed E-state index contributed by atoms with van der Waals surface area (Å²) in [7, 11) is 0. The molecule has 5 rings (SSSR count). The van der Waals surface area contributed by atoms with E-state index in [1.54, 1.807) is 0 Å². The molecule has 2 aliphatic rings. The molecular formula is C27H24N2O4. The van der Waals surface area contributed by atoms with E-state index in [1.807, 2.05) is 95.9 Å². The minimum atomic E-state index is -0.685. The number of alkyl carbamates (subject to hydrolysis) is 1. The lowest BCUT2D eigenvalue weighted by Crippen LogP contribution is -2.51. The molecule has 2 aliphatic heterocycles. The smallest absolute Gasteiger partial charge is 0.407 e. The summed E-state index contributed by atoms with van der Waals surface area (Å²) in [6, 6.07) is 26.7. The van der Waals surface area contributed by atoms with Gasteiger partial charge in [0.25, 0.3) is 0 Å². The molecule has 166 valence electrons. The van der Waals surface area contributed by atoms with Gasteiger partial charge >= 0.3 is 12.1 Å². The van der Waals surface area contributed by atoms with Crippen LogP contribution in [0.1, 0.15) is 16.7 Å². The van der Waals surface area contributed by atoms with Crippen molar-refractivity contribution >= 4 is 17.7 Å². The fourth-order valence-electron chi connectivity index (χ4n) is 4.30. The third-order valence-corrected chi connectivity index (χ3v) is 5.88. The van der Waals surface area contributed by atoms with E-state index in [0.717, 1.165) is 22.4 Å². The minimum absolute atomic E-state index is 0.160. The van der Waals surface area contributed by atoms with Crippen LogP contribution in [0.2, 0.25) is 0 Å². The molecule has 6 heteroatoms. The second kappa shape index (κ2) is 9.20. The van der Waals surface area contributed by atoms with Crippen LogP contribution >= 0.6 is 0 Å². The normalized spacial score (nSPS) is 17.3. The molecular weight excluding hydrogens is 416 g/mol. The van der Waals surface area contributed by atoms with Gasteiger partial charge in [0.05, 0.1) is 6.04 Å². The van der Waals surface area contributed by atoms with Crippen LogP contribution in [-0.4, -0.2) is 24.3 Å². The number of allylic oxidation sites excluding steroid dienone is 1. The van der Waals surface area contributed by atoms with Crippen molar-refractivity contribution in [2.45, 2.75) is 31.7 Å². The summed E-state index contributed by atoms with van der Waals surface area (Å²) in [5, 5.41) is 2.95. The van der Waals surface area contributed by atoms with Gasteiger partial charge < -0.3 is 14.8 Å². The summed E-state index contributed by atoms with van der Waals surface area (Å²) in [5.74, 6) is -0.382. The number of anilines is 1.